The minimum Gasteiger partial charge on any atom is -0.394 e. The summed E-state index contributed by atoms with van der Waals surface area (Å²) in [6.07, 6.45) is -1.36. The van der Waals surface area contributed by atoms with Gasteiger partial charge in [0.1, 0.15) is 6.10 Å². The van der Waals surface area contributed by atoms with E-state index in [-0.39, 0.29) is 24.5 Å². The zero-order valence-corrected chi connectivity index (χ0v) is 14.9. The smallest absolute Gasteiger partial charge is 0.390 e. The second-order valence-electron chi connectivity index (χ2n) is 6.02. The molecule has 1 aromatic heterocycles. The second kappa shape index (κ2) is 9.01. The van der Waals surface area contributed by atoms with Gasteiger partial charge in [0.05, 0.1) is 41.0 Å². The van der Waals surface area contributed by atoms with E-state index in [1.54, 1.807) is 6.92 Å². The highest BCUT2D eigenvalue weighted by Gasteiger charge is 2.23. The molecule has 1 heterocycles. The normalized spacial score (nSPS) is 13.0. The third-order valence-corrected chi connectivity index (χ3v) is 4.08. The number of amides is 1. The molecule has 12 heteroatoms. The number of aromatic nitrogens is 2. The van der Waals surface area contributed by atoms with Gasteiger partial charge in [-0.3, -0.25) is 14.9 Å². The van der Waals surface area contributed by atoms with E-state index in [0.29, 0.717) is 11.3 Å². The lowest BCUT2D eigenvalue weighted by atomic mass is 10.0. The summed E-state index contributed by atoms with van der Waals surface area (Å²) in [7, 11) is 0. The third-order valence-electron chi connectivity index (χ3n) is 4.08. The second-order valence-corrected chi connectivity index (χ2v) is 6.02. The van der Waals surface area contributed by atoms with Crippen molar-refractivity contribution >= 4 is 17.4 Å². The Morgan fingerprint density at radius 1 is 1.25 bits per heavy atom. The van der Waals surface area contributed by atoms with Gasteiger partial charge < -0.3 is 25.6 Å². The van der Waals surface area contributed by atoms with Crippen LogP contribution in [0.2, 0.25) is 0 Å². The van der Waals surface area contributed by atoms with E-state index in [1.165, 1.54) is 35.0 Å². The van der Waals surface area contributed by atoms with Gasteiger partial charge in [0, 0.05) is 18.6 Å². The van der Waals surface area contributed by atoms with E-state index in [2.05, 4.69) is 10.4 Å². The number of carbonyl (C=O) groups is 1. The molecule has 0 aliphatic rings. The van der Waals surface area contributed by atoms with Gasteiger partial charge in [-0.2, -0.15) is 4.68 Å². The maximum Gasteiger partial charge on any atom is 0.390 e. The Kier molecular flexibility index (Phi) is 6.74. The summed E-state index contributed by atoms with van der Waals surface area (Å²) in [5.74, 6) is -0.822. The maximum atomic E-state index is 12.1. The number of hydrogen-bond donors (Lipinski definition) is 3. The zero-order chi connectivity index (χ0) is 20.8. The summed E-state index contributed by atoms with van der Waals surface area (Å²) in [6, 6.07) is 5.35. The van der Waals surface area contributed by atoms with Gasteiger partial charge in [0.2, 0.25) is 5.91 Å². The SMILES string of the molecule is Cc1cc([N+](=O)[O-])nn1CCC(=O)NC(CO)C(O)c1ccc([N+](=O)[O-])cc1. The van der Waals surface area contributed by atoms with E-state index >= 15 is 0 Å². The number of nitro benzene ring substituents is 1. The van der Waals surface area contributed by atoms with E-state index < -0.39 is 34.5 Å². The molecule has 0 fully saturated rings. The Hall–Kier alpha value is -3.38. The van der Waals surface area contributed by atoms with Crippen molar-refractivity contribution in [3.05, 3.63) is 61.8 Å². The van der Waals surface area contributed by atoms with E-state index in [9.17, 15) is 35.2 Å². The van der Waals surface area contributed by atoms with Gasteiger partial charge in [0.25, 0.3) is 5.69 Å². The number of rotatable bonds is 9. The van der Waals surface area contributed by atoms with Crippen LogP contribution in [-0.2, 0) is 11.3 Å². The number of aliphatic hydroxyl groups is 2. The molecule has 12 nitrogen and oxygen atoms in total. The van der Waals surface area contributed by atoms with Crippen molar-refractivity contribution in [2.45, 2.75) is 32.0 Å². The highest BCUT2D eigenvalue weighted by Crippen LogP contribution is 2.20. The molecule has 2 atom stereocenters. The highest BCUT2D eigenvalue weighted by molar-refractivity contribution is 5.76. The van der Waals surface area contributed by atoms with Gasteiger partial charge >= 0.3 is 5.82 Å². The summed E-state index contributed by atoms with van der Waals surface area (Å²) in [6.45, 7) is 1.14. The molecule has 2 aromatic rings. The molecule has 28 heavy (non-hydrogen) atoms. The van der Waals surface area contributed by atoms with Gasteiger partial charge in [-0.05, 0) is 29.5 Å². The van der Waals surface area contributed by atoms with Crippen LogP contribution in [0.1, 0.15) is 23.8 Å². The molecule has 0 bridgehead atoms. The standard InChI is InChI=1S/C16H19N5O7/c1-10-8-14(21(27)28)18-19(10)7-6-15(23)17-13(9-22)16(24)11-2-4-12(5-3-11)20(25)26/h2-5,8,13,16,22,24H,6-7,9H2,1H3,(H,17,23). The molecule has 1 amide bonds. The number of aryl methyl sites for hydroxylation is 2. The monoisotopic (exact) mass is 393 g/mol. The van der Waals surface area contributed by atoms with Crippen LogP contribution in [0, 0.1) is 27.2 Å². The molecule has 0 radical (unpaired) electrons. The molecular weight excluding hydrogens is 374 g/mol. The molecule has 3 N–H and O–H groups in total. The zero-order valence-electron chi connectivity index (χ0n) is 14.9. The first-order valence-electron chi connectivity index (χ1n) is 8.24. The largest absolute Gasteiger partial charge is 0.394 e. The van der Waals surface area contributed by atoms with Crippen molar-refractivity contribution < 1.29 is 24.9 Å². The van der Waals surface area contributed by atoms with Crippen LogP contribution in [0.4, 0.5) is 11.5 Å². The average Bonchev–Trinajstić information content (AvgIpc) is 3.05. The third kappa shape index (κ3) is 5.08. The number of non-ortho nitro benzene ring substituents is 1. The van der Waals surface area contributed by atoms with Gasteiger partial charge in [-0.1, -0.05) is 0 Å². The first-order valence-corrected chi connectivity index (χ1v) is 8.24. The maximum absolute atomic E-state index is 12.1. The van der Waals surface area contributed by atoms with Crippen LogP contribution in [0.25, 0.3) is 0 Å². The van der Waals surface area contributed by atoms with Crippen LogP contribution in [0.5, 0.6) is 0 Å². The summed E-state index contributed by atoms with van der Waals surface area (Å²) in [5, 5.41) is 47.4. The predicted molar refractivity (Wildman–Crippen MR) is 95.3 cm³/mol. The molecule has 150 valence electrons. The Morgan fingerprint density at radius 3 is 2.39 bits per heavy atom. The Bertz CT molecular complexity index is 865. The number of nitro groups is 2. The predicted octanol–water partition coefficient (Wildman–Crippen LogP) is 0.609. The molecule has 0 saturated heterocycles. The lowest BCUT2D eigenvalue weighted by Gasteiger charge is -2.22. The highest BCUT2D eigenvalue weighted by atomic mass is 16.6. The molecule has 0 saturated carbocycles. The van der Waals surface area contributed by atoms with Gasteiger partial charge in [-0.25, -0.2) is 0 Å². The summed E-state index contributed by atoms with van der Waals surface area (Å²) in [5.41, 5.74) is 0.664. The lowest BCUT2D eigenvalue weighted by molar-refractivity contribution is -0.389. The van der Waals surface area contributed by atoms with E-state index in [0.717, 1.165) is 0 Å². The minimum absolute atomic E-state index is 0.0802. The number of carbonyl (C=O) groups excluding carboxylic acids is 1. The lowest BCUT2D eigenvalue weighted by Crippen LogP contribution is -2.42. The molecule has 0 aliphatic carbocycles. The fraction of sp³-hybridized carbons (Fsp3) is 0.375. The van der Waals surface area contributed by atoms with Crippen LogP contribution >= 0.6 is 0 Å². The quantitative estimate of drug-likeness (QED) is 0.410. The molecule has 0 aliphatic heterocycles. The Labute approximate surface area is 158 Å². The Balaban J connectivity index is 1.96. The van der Waals surface area contributed by atoms with Crippen molar-refractivity contribution in [1.82, 2.24) is 15.1 Å². The number of nitrogens with zero attached hydrogens (tertiary/aromatic N) is 4. The fourth-order valence-electron chi connectivity index (χ4n) is 2.54. The van der Waals surface area contributed by atoms with Crippen molar-refractivity contribution in [2.75, 3.05) is 6.61 Å². The van der Waals surface area contributed by atoms with Crippen LogP contribution in [0.15, 0.2) is 30.3 Å². The number of benzene rings is 1. The van der Waals surface area contributed by atoms with Crippen molar-refractivity contribution in [2.24, 2.45) is 0 Å². The number of hydrogen-bond acceptors (Lipinski definition) is 8. The molecular formula is C16H19N5O7. The number of aliphatic hydroxyl groups excluding tert-OH is 2. The average molecular weight is 393 g/mol. The topological polar surface area (TPSA) is 174 Å². The van der Waals surface area contributed by atoms with Crippen LogP contribution in [-0.4, -0.2) is 48.4 Å². The fourth-order valence-corrected chi connectivity index (χ4v) is 2.54. The van der Waals surface area contributed by atoms with Crippen molar-refractivity contribution in [3.8, 4) is 0 Å². The van der Waals surface area contributed by atoms with Gasteiger partial charge in [-0.15, -0.1) is 0 Å². The summed E-state index contributed by atoms with van der Waals surface area (Å²) in [4.78, 5) is 32.3. The molecule has 1 aromatic carbocycles. The van der Waals surface area contributed by atoms with E-state index in [4.69, 9.17) is 0 Å². The van der Waals surface area contributed by atoms with E-state index in [1.807, 2.05) is 0 Å². The van der Waals surface area contributed by atoms with Crippen LogP contribution < -0.4 is 5.32 Å². The minimum atomic E-state index is -1.28. The van der Waals surface area contributed by atoms with Crippen LogP contribution in [0.3, 0.4) is 0 Å². The molecule has 2 rings (SSSR count). The van der Waals surface area contributed by atoms with Crippen molar-refractivity contribution in [3.63, 3.8) is 0 Å². The summed E-state index contributed by atoms with van der Waals surface area (Å²) >= 11 is 0. The number of nitrogens with one attached hydrogen (secondary N) is 1. The summed E-state index contributed by atoms with van der Waals surface area (Å²) < 4.78 is 1.32. The Morgan fingerprint density at radius 2 is 1.89 bits per heavy atom. The molecule has 2 unspecified atom stereocenters. The van der Waals surface area contributed by atoms with Gasteiger partial charge in [0.15, 0.2) is 0 Å². The van der Waals surface area contributed by atoms with Crippen molar-refractivity contribution in [1.29, 1.82) is 0 Å². The first kappa shape index (κ1) is 20.9. The first-order chi connectivity index (χ1) is 13.2. The molecule has 0 spiro atoms.